The summed E-state index contributed by atoms with van der Waals surface area (Å²) in [6.45, 7) is -0.329. The SMILES string of the molecule is CS(=O)(=O)N(CC(=O)N/N=C/c1cccs1)c1ccccc1. The van der Waals surface area contributed by atoms with Gasteiger partial charge in [-0.1, -0.05) is 24.3 Å². The third kappa shape index (κ3) is 4.68. The first-order valence-corrected chi connectivity index (χ1v) is 9.08. The number of carbonyl (C=O) groups excluding carboxylic acids is 1. The van der Waals surface area contributed by atoms with Gasteiger partial charge in [-0.05, 0) is 23.6 Å². The number of amides is 1. The van der Waals surface area contributed by atoms with Gasteiger partial charge in [0.1, 0.15) is 6.54 Å². The molecule has 6 nitrogen and oxygen atoms in total. The minimum absolute atomic E-state index is 0.329. The molecular weight excluding hydrogens is 322 g/mol. The highest BCUT2D eigenvalue weighted by Crippen LogP contribution is 2.16. The average Bonchev–Trinajstić information content (AvgIpc) is 2.98. The lowest BCUT2D eigenvalue weighted by Crippen LogP contribution is -2.38. The van der Waals surface area contributed by atoms with E-state index >= 15 is 0 Å². The molecule has 1 heterocycles. The topological polar surface area (TPSA) is 78.8 Å². The molecule has 0 radical (unpaired) electrons. The van der Waals surface area contributed by atoms with Gasteiger partial charge in [-0.15, -0.1) is 11.3 Å². The van der Waals surface area contributed by atoms with Crippen LogP contribution in [0, 0.1) is 0 Å². The van der Waals surface area contributed by atoms with E-state index in [1.807, 2.05) is 17.5 Å². The van der Waals surface area contributed by atoms with Gasteiger partial charge in [0.05, 0.1) is 18.2 Å². The predicted molar refractivity (Wildman–Crippen MR) is 88.7 cm³/mol. The number of hydrogen-bond acceptors (Lipinski definition) is 5. The Balaban J connectivity index is 2.03. The Morgan fingerprint density at radius 2 is 2.00 bits per heavy atom. The largest absolute Gasteiger partial charge is 0.271 e. The summed E-state index contributed by atoms with van der Waals surface area (Å²) in [5, 5.41) is 5.70. The summed E-state index contributed by atoms with van der Waals surface area (Å²) < 4.78 is 24.7. The number of nitrogens with one attached hydrogen (secondary N) is 1. The molecule has 116 valence electrons. The summed E-state index contributed by atoms with van der Waals surface area (Å²) in [7, 11) is -3.56. The molecule has 8 heteroatoms. The van der Waals surface area contributed by atoms with Crippen LogP contribution in [0.15, 0.2) is 52.9 Å². The maximum atomic E-state index is 11.9. The number of anilines is 1. The van der Waals surface area contributed by atoms with Gasteiger partial charge in [0.25, 0.3) is 5.91 Å². The number of carbonyl (C=O) groups is 1. The summed E-state index contributed by atoms with van der Waals surface area (Å²) in [5.41, 5.74) is 2.76. The van der Waals surface area contributed by atoms with Crippen molar-refractivity contribution in [2.24, 2.45) is 5.10 Å². The number of benzene rings is 1. The first-order chi connectivity index (χ1) is 10.5. The molecule has 0 bridgehead atoms. The minimum Gasteiger partial charge on any atom is -0.271 e. The van der Waals surface area contributed by atoms with Crippen LogP contribution in [0.3, 0.4) is 0 Å². The zero-order valence-electron chi connectivity index (χ0n) is 11.8. The Kier molecular flexibility index (Phi) is 5.29. The van der Waals surface area contributed by atoms with Crippen molar-refractivity contribution in [3.8, 4) is 0 Å². The number of hydrogen-bond donors (Lipinski definition) is 1. The monoisotopic (exact) mass is 337 g/mol. The van der Waals surface area contributed by atoms with Crippen molar-refractivity contribution in [2.45, 2.75) is 0 Å². The van der Waals surface area contributed by atoms with Crippen LogP contribution in [0.4, 0.5) is 5.69 Å². The van der Waals surface area contributed by atoms with Crippen LogP contribution in [-0.2, 0) is 14.8 Å². The van der Waals surface area contributed by atoms with Crippen molar-refractivity contribution in [1.29, 1.82) is 0 Å². The number of para-hydroxylation sites is 1. The van der Waals surface area contributed by atoms with E-state index in [2.05, 4.69) is 10.5 Å². The van der Waals surface area contributed by atoms with Crippen LogP contribution < -0.4 is 9.73 Å². The fraction of sp³-hybridized carbons (Fsp3) is 0.143. The predicted octanol–water partition coefficient (Wildman–Crippen LogP) is 1.66. The number of rotatable bonds is 6. The van der Waals surface area contributed by atoms with Crippen LogP contribution in [0.1, 0.15) is 4.88 Å². The van der Waals surface area contributed by atoms with E-state index < -0.39 is 15.9 Å². The summed E-state index contributed by atoms with van der Waals surface area (Å²) in [6.07, 6.45) is 2.57. The lowest BCUT2D eigenvalue weighted by molar-refractivity contribution is -0.119. The smallest absolute Gasteiger partial charge is 0.260 e. The molecule has 0 unspecified atom stereocenters. The van der Waals surface area contributed by atoms with Crippen LogP contribution in [0.25, 0.3) is 0 Å². The summed E-state index contributed by atoms with van der Waals surface area (Å²) >= 11 is 1.48. The van der Waals surface area contributed by atoms with Crippen LogP contribution in [-0.4, -0.2) is 33.3 Å². The van der Waals surface area contributed by atoms with E-state index in [0.29, 0.717) is 5.69 Å². The molecule has 0 spiro atoms. The average molecular weight is 337 g/mol. The van der Waals surface area contributed by atoms with Gasteiger partial charge in [-0.3, -0.25) is 9.10 Å². The van der Waals surface area contributed by atoms with E-state index in [-0.39, 0.29) is 6.54 Å². The molecule has 0 aliphatic rings. The Labute approximate surface area is 133 Å². The highest BCUT2D eigenvalue weighted by molar-refractivity contribution is 7.92. The Morgan fingerprint density at radius 1 is 1.27 bits per heavy atom. The van der Waals surface area contributed by atoms with Crippen LogP contribution >= 0.6 is 11.3 Å². The second-order valence-corrected chi connectivity index (χ2v) is 7.30. The molecule has 1 aromatic carbocycles. The minimum atomic E-state index is -3.56. The molecule has 0 saturated carbocycles. The van der Waals surface area contributed by atoms with Gasteiger partial charge < -0.3 is 0 Å². The summed E-state index contributed by atoms with van der Waals surface area (Å²) in [5.74, 6) is -0.512. The van der Waals surface area contributed by atoms with Gasteiger partial charge in [0.15, 0.2) is 0 Å². The van der Waals surface area contributed by atoms with E-state index in [1.165, 1.54) is 17.6 Å². The first-order valence-electron chi connectivity index (χ1n) is 6.35. The lowest BCUT2D eigenvalue weighted by Gasteiger charge is -2.21. The number of nitrogens with zero attached hydrogens (tertiary/aromatic N) is 2. The second-order valence-electron chi connectivity index (χ2n) is 4.41. The maximum Gasteiger partial charge on any atom is 0.260 e. The van der Waals surface area contributed by atoms with Crippen LogP contribution in [0.5, 0.6) is 0 Å². The van der Waals surface area contributed by atoms with Crippen molar-refractivity contribution in [3.63, 3.8) is 0 Å². The third-order valence-electron chi connectivity index (χ3n) is 2.66. The van der Waals surface area contributed by atoms with Crippen molar-refractivity contribution in [1.82, 2.24) is 5.43 Å². The molecule has 0 aliphatic heterocycles. The third-order valence-corrected chi connectivity index (χ3v) is 4.60. The van der Waals surface area contributed by atoms with E-state index in [9.17, 15) is 13.2 Å². The summed E-state index contributed by atoms with van der Waals surface area (Å²) in [6, 6.07) is 12.2. The Bertz CT molecular complexity index is 741. The fourth-order valence-corrected chi connectivity index (χ4v) is 3.13. The van der Waals surface area contributed by atoms with Crippen molar-refractivity contribution < 1.29 is 13.2 Å². The van der Waals surface area contributed by atoms with Crippen molar-refractivity contribution >= 4 is 39.2 Å². The second kappa shape index (κ2) is 7.19. The molecule has 1 amide bonds. The zero-order valence-corrected chi connectivity index (χ0v) is 13.5. The molecule has 0 atom stereocenters. The number of sulfonamides is 1. The molecule has 2 rings (SSSR count). The first kappa shape index (κ1) is 16.2. The molecule has 22 heavy (non-hydrogen) atoms. The molecular formula is C14H15N3O3S2. The molecule has 0 aliphatic carbocycles. The van der Waals surface area contributed by atoms with Gasteiger partial charge >= 0.3 is 0 Å². The molecule has 2 aromatic rings. The van der Waals surface area contributed by atoms with Crippen molar-refractivity contribution in [2.75, 3.05) is 17.1 Å². The van der Waals surface area contributed by atoms with Gasteiger partial charge in [-0.25, -0.2) is 13.8 Å². The normalized spacial score (nSPS) is 11.5. The highest BCUT2D eigenvalue weighted by Gasteiger charge is 2.20. The summed E-state index contributed by atoms with van der Waals surface area (Å²) in [4.78, 5) is 12.8. The zero-order chi connectivity index (χ0) is 16.0. The Hall–Kier alpha value is -2.19. The fourth-order valence-electron chi connectivity index (χ4n) is 1.69. The standard InChI is InChI=1S/C14H15N3O3S2/c1-22(19,20)17(12-6-3-2-4-7-12)11-14(18)16-15-10-13-8-5-9-21-13/h2-10H,11H2,1H3,(H,16,18)/b15-10+. The molecule has 1 aromatic heterocycles. The Morgan fingerprint density at radius 3 is 2.59 bits per heavy atom. The molecule has 1 N–H and O–H groups in total. The van der Waals surface area contributed by atoms with Crippen molar-refractivity contribution in [3.05, 3.63) is 52.7 Å². The number of hydrazone groups is 1. The number of thiophene rings is 1. The van der Waals surface area contributed by atoms with Gasteiger partial charge in [0.2, 0.25) is 10.0 Å². The quantitative estimate of drug-likeness (QED) is 0.643. The van der Waals surface area contributed by atoms with E-state index in [1.54, 1.807) is 30.3 Å². The van der Waals surface area contributed by atoms with Gasteiger partial charge in [0, 0.05) is 4.88 Å². The van der Waals surface area contributed by atoms with E-state index in [4.69, 9.17) is 0 Å². The van der Waals surface area contributed by atoms with E-state index in [0.717, 1.165) is 15.4 Å². The van der Waals surface area contributed by atoms with Crippen LogP contribution in [0.2, 0.25) is 0 Å². The maximum absolute atomic E-state index is 11.9. The molecule has 0 saturated heterocycles. The van der Waals surface area contributed by atoms with Gasteiger partial charge in [-0.2, -0.15) is 5.10 Å². The molecule has 0 fully saturated rings. The highest BCUT2D eigenvalue weighted by atomic mass is 32.2. The lowest BCUT2D eigenvalue weighted by atomic mass is 10.3.